The van der Waals surface area contributed by atoms with Gasteiger partial charge in [0.2, 0.25) is 5.95 Å². The number of fused-ring (bicyclic) bond motifs is 1. The summed E-state index contributed by atoms with van der Waals surface area (Å²) in [5.74, 6) is 0.0346. The minimum Gasteiger partial charge on any atom is -0.448 e. The number of carbonyl (C=O) groups is 1. The third-order valence-corrected chi connectivity index (χ3v) is 2.66. The van der Waals surface area contributed by atoms with Crippen molar-refractivity contribution in [2.24, 2.45) is 5.73 Å². The number of nitrogens with two attached hydrogens (primary N) is 2. The van der Waals surface area contributed by atoms with Crippen LogP contribution in [0.3, 0.4) is 0 Å². The first-order valence-corrected chi connectivity index (χ1v) is 5.54. The summed E-state index contributed by atoms with van der Waals surface area (Å²) in [5, 5.41) is 0. The van der Waals surface area contributed by atoms with E-state index in [4.69, 9.17) is 11.5 Å². The number of imidazole rings is 1. The van der Waals surface area contributed by atoms with Crippen LogP contribution in [0.15, 0.2) is 18.2 Å². The van der Waals surface area contributed by atoms with Gasteiger partial charge in [-0.2, -0.15) is 13.2 Å². The summed E-state index contributed by atoms with van der Waals surface area (Å²) in [6.45, 7) is 0.0999. The molecule has 1 amide bonds. The summed E-state index contributed by atoms with van der Waals surface area (Å²) in [6.07, 6.45) is -5.38. The average molecular weight is 288 g/mol. The molecule has 0 aliphatic rings. The Labute approximate surface area is 111 Å². The van der Waals surface area contributed by atoms with Gasteiger partial charge in [0.15, 0.2) is 0 Å². The van der Waals surface area contributed by atoms with Crippen molar-refractivity contribution < 1.29 is 22.7 Å². The fourth-order valence-corrected chi connectivity index (χ4v) is 1.80. The molecule has 0 aliphatic carbocycles. The van der Waals surface area contributed by atoms with E-state index < -0.39 is 17.8 Å². The predicted octanol–water partition coefficient (Wildman–Crippen LogP) is 1.73. The van der Waals surface area contributed by atoms with E-state index in [1.807, 2.05) is 0 Å². The van der Waals surface area contributed by atoms with Crippen LogP contribution in [0.1, 0.15) is 5.56 Å². The number of hydrogen-bond donors (Lipinski definition) is 2. The molecule has 0 aliphatic heterocycles. The highest BCUT2D eigenvalue weighted by Gasteiger charge is 2.31. The van der Waals surface area contributed by atoms with E-state index in [0.717, 1.165) is 12.1 Å². The van der Waals surface area contributed by atoms with Crippen molar-refractivity contribution in [1.29, 1.82) is 0 Å². The first-order valence-electron chi connectivity index (χ1n) is 5.54. The van der Waals surface area contributed by atoms with E-state index >= 15 is 0 Å². The van der Waals surface area contributed by atoms with Crippen LogP contribution in [0.25, 0.3) is 11.0 Å². The summed E-state index contributed by atoms with van der Waals surface area (Å²) in [4.78, 5) is 14.3. The number of alkyl halides is 3. The maximum absolute atomic E-state index is 12.6. The second-order valence-electron chi connectivity index (χ2n) is 3.99. The van der Waals surface area contributed by atoms with Crippen molar-refractivity contribution in [3.63, 3.8) is 0 Å². The van der Waals surface area contributed by atoms with E-state index in [-0.39, 0.29) is 24.6 Å². The van der Waals surface area contributed by atoms with Gasteiger partial charge in [0.05, 0.1) is 23.1 Å². The van der Waals surface area contributed by atoms with Gasteiger partial charge in [-0.3, -0.25) is 0 Å². The molecule has 108 valence electrons. The molecule has 0 bridgehead atoms. The molecule has 0 spiro atoms. The number of carbonyl (C=O) groups excluding carboxylic acids is 1. The van der Waals surface area contributed by atoms with Gasteiger partial charge in [0, 0.05) is 0 Å². The fourth-order valence-electron chi connectivity index (χ4n) is 1.80. The second-order valence-corrected chi connectivity index (χ2v) is 3.99. The Kier molecular flexibility index (Phi) is 3.43. The lowest BCUT2D eigenvalue weighted by atomic mass is 10.2. The molecule has 9 heteroatoms. The maximum atomic E-state index is 12.6. The lowest BCUT2D eigenvalue weighted by Gasteiger charge is -2.08. The number of aromatic nitrogens is 2. The molecule has 0 fully saturated rings. The zero-order valence-electron chi connectivity index (χ0n) is 10.1. The molecule has 0 unspecified atom stereocenters. The third kappa shape index (κ3) is 2.76. The van der Waals surface area contributed by atoms with Crippen LogP contribution in [0.5, 0.6) is 0 Å². The smallest absolute Gasteiger partial charge is 0.416 e. The molecule has 2 aromatic rings. The van der Waals surface area contributed by atoms with Crippen molar-refractivity contribution >= 4 is 23.1 Å². The van der Waals surface area contributed by atoms with Crippen LogP contribution in [-0.2, 0) is 17.5 Å². The minimum absolute atomic E-state index is 0.0346. The van der Waals surface area contributed by atoms with Gasteiger partial charge >= 0.3 is 12.3 Å². The minimum atomic E-state index is -4.44. The van der Waals surface area contributed by atoms with Gasteiger partial charge in [-0.25, -0.2) is 9.78 Å². The highest BCUT2D eigenvalue weighted by atomic mass is 19.4. The van der Waals surface area contributed by atoms with Crippen molar-refractivity contribution in [2.75, 3.05) is 12.3 Å². The maximum Gasteiger partial charge on any atom is 0.416 e. The number of anilines is 1. The molecule has 0 radical (unpaired) electrons. The van der Waals surface area contributed by atoms with E-state index in [2.05, 4.69) is 9.72 Å². The summed E-state index contributed by atoms with van der Waals surface area (Å²) in [7, 11) is 0. The lowest BCUT2D eigenvalue weighted by Crippen LogP contribution is -2.17. The number of ether oxygens (including phenoxy) is 1. The third-order valence-electron chi connectivity index (χ3n) is 2.66. The van der Waals surface area contributed by atoms with E-state index in [1.165, 1.54) is 10.6 Å². The highest BCUT2D eigenvalue weighted by molar-refractivity contribution is 5.79. The summed E-state index contributed by atoms with van der Waals surface area (Å²) in [5.41, 5.74) is 10.2. The van der Waals surface area contributed by atoms with E-state index in [9.17, 15) is 18.0 Å². The molecular weight excluding hydrogens is 277 g/mol. The molecule has 2 rings (SSSR count). The molecule has 1 aromatic carbocycles. The second kappa shape index (κ2) is 4.91. The predicted molar refractivity (Wildman–Crippen MR) is 64.7 cm³/mol. The van der Waals surface area contributed by atoms with Gasteiger partial charge < -0.3 is 20.8 Å². The molecular formula is C11H11F3N4O2. The van der Waals surface area contributed by atoms with Crippen molar-refractivity contribution in [3.05, 3.63) is 23.8 Å². The number of halogens is 3. The number of benzene rings is 1. The van der Waals surface area contributed by atoms with Crippen LogP contribution < -0.4 is 11.5 Å². The number of rotatable bonds is 3. The Morgan fingerprint density at radius 3 is 2.70 bits per heavy atom. The normalized spacial score (nSPS) is 11.8. The van der Waals surface area contributed by atoms with Crippen molar-refractivity contribution in [1.82, 2.24) is 9.55 Å². The Hall–Kier alpha value is -2.45. The molecule has 0 saturated heterocycles. The monoisotopic (exact) mass is 288 g/mol. The van der Waals surface area contributed by atoms with Crippen LogP contribution in [-0.4, -0.2) is 22.3 Å². The number of hydrogen-bond acceptors (Lipinski definition) is 4. The van der Waals surface area contributed by atoms with Gasteiger partial charge in [-0.15, -0.1) is 0 Å². The average Bonchev–Trinajstić information content (AvgIpc) is 2.63. The SMILES string of the molecule is NC(=O)OCCn1c(N)nc2cc(C(F)(F)F)ccc21. The molecule has 4 N–H and O–H groups in total. The summed E-state index contributed by atoms with van der Waals surface area (Å²) in [6, 6.07) is 3.12. The standard InChI is InChI=1S/C11H11F3N4O2/c12-11(13,14)6-1-2-8-7(5-6)17-9(15)18(8)3-4-20-10(16)19/h1-2,5H,3-4H2,(H2,15,17)(H2,16,19). The Balaban J connectivity index is 2.32. The molecule has 0 atom stereocenters. The van der Waals surface area contributed by atoms with Crippen LogP contribution in [0.4, 0.5) is 23.9 Å². The number of amides is 1. The first-order chi connectivity index (χ1) is 9.29. The Morgan fingerprint density at radius 1 is 1.40 bits per heavy atom. The zero-order valence-corrected chi connectivity index (χ0v) is 10.1. The van der Waals surface area contributed by atoms with E-state index in [1.54, 1.807) is 0 Å². The number of primary amides is 1. The zero-order chi connectivity index (χ0) is 14.9. The number of nitrogen functional groups attached to an aromatic ring is 1. The topological polar surface area (TPSA) is 96.2 Å². The fraction of sp³-hybridized carbons (Fsp3) is 0.273. The van der Waals surface area contributed by atoms with Gasteiger partial charge in [0.1, 0.15) is 6.61 Å². The molecule has 0 saturated carbocycles. The lowest BCUT2D eigenvalue weighted by molar-refractivity contribution is -0.137. The van der Waals surface area contributed by atoms with Crippen LogP contribution in [0, 0.1) is 0 Å². The molecule has 20 heavy (non-hydrogen) atoms. The van der Waals surface area contributed by atoms with Gasteiger partial charge in [-0.1, -0.05) is 0 Å². The molecule has 1 aromatic heterocycles. The van der Waals surface area contributed by atoms with E-state index in [0.29, 0.717) is 5.52 Å². The largest absolute Gasteiger partial charge is 0.448 e. The molecule has 6 nitrogen and oxygen atoms in total. The number of nitrogens with zero attached hydrogens (tertiary/aromatic N) is 2. The summed E-state index contributed by atoms with van der Waals surface area (Å²) < 4.78 is 43.7. The molecule has 1 heterocycles. The van der Waals surface area contributed by atoms with Gasteiger partial charge in [-0.05, 0) is 18.2 Å². The summed E-state index contributed by atoms with van der Waals surface area (Å²) >= 11 is 0. The highest BCUT2D eigenvalue weighted by Crippen LogP contribution is 2.31. The van der Waals surface area contributed by atoms with Crippen molar-refractivity contribution in [3.8, 4) is 0 Å². The van der Waals surface area contributed by atoms with Crippen LogP contribution >= 0.6 is 0 Å². The quantitative estimate of drug-likeness (QED) is 0.899. The first kappa shape index (κ1) is 14.0. The van der Waals surface area contributed by atoms with Crippen LogP contribution in [0.2, 0.25) is 0 Å². The Bertz CT molecular complexity index is 651. The van der Waals surface area contributed by atoms with Gasteiger partial charge in [0.25, 0.3) is 0 Å². The Morgan fingerprint density at radius 2 is 2.10 bits per heavy atom. The van der Waals surface area contributed by atoms with Crippen molar-refractivity contribution in [2.45, 2.75) is 12.7 Å².